The third-order valence-electron chi connectivity index (χ3n) is 8.96. The lowest BCUT2D eigenvalue weighted by atomic mass is 10.0. The molecule has 5 aromatic carbocycles. The fraction of sp³-hybridized carbons (Fsp3) is 0.211. The van der Waals surface area contributed by atoms with Gasteiger partial charge in [-0.15, -0.1) is 0 Å². The van der Waals surface area contributed by atoms with Crippen LogP contribution >= 0.6 is 0 Å². The van der Waals surface area contributed by atoms with Gasteiger partial charge in [0.05, 0.1) is 29.0 Å². The van der Waals surface area contributed by atoms with Gasteiger partial charge in [0.1, 0.15) is 22.9 Å². The van der Waals surface area contributed by atoms with Gasteiger partial charge in [-0.05, 0) is 90.6 Å². The zero-order chi connectivity index (χ0) is 34.5. The van der Waals surface area contributed by atoms with Crippen LogP contribution in [0.25, 0.3) is 0 Å². The highest BCUT2D eigenvalue weighted by molar-refractivity contribution is 5.66. The normalized spacial score (nSPS) is 15.5. The first kappa shape index (κ1) is 33.0. The van der Waals surface area contributed by atoms with Crippen LogP contribution < -0.4 is 20.3 Å². The minimum atomic E-state index is -0.403. The third kappa shape index (κ3) is 7.46. The molecule has 6 rings (SSSR count). The molecule has 0 aromatic heterocycles. The molecule has 2 N–H and O–H groups in total. The van der Waals surface area contributed by atoms with E-state index in [1.54, 1.807) is 43.5 Å². The van der Waals surface area contributed by atoms with Gasteiger partial charge in [-0.1, -0.05) is 54.1 Å². The highest BCUT2D eigenvalue weighted by atomic mass is 19.1. The molecule has 0 saturated carbocycles. The maximum Gasteiger partial charge on any atom is 0.292 e. The molecule has 0 amide bonds. The van der Waals surface area contributed by atoms with E-state index >= 15 is 0 Å². The first-order chi connectivity index (χ1) is 23.7. The van der Waals surface area contributed by atoms with Gasteiger partial charge in [0.2, 0.25) is 0 Å². The van der Waals surface area contributed by atoms with E-state index < -0.39 is 15.7 Å². The summed E-state index contributed by atoms with van der Waals surface area (Å²) in [5, 5.41) is 30.9. The van der Waals surface area contributed by atoms with E-state index in [2.05, 4.69) is 15.5 Å². The Labute approximate surface area is 283 Å². The van der Waals surface area contributed by atoms with Gasteiger partial charge >= 0.3 is 0 Å². The Bertz CT molecular complexity index is 1950. The Morgan fingerprint density at radius 1 is 0.714 bits per heavy atom. The fourth-order valence-corrected chi connectivity index (χ4v) is 6.40. The quantitative estimate of drug-likeness (QED) is 0.100. The topological polar surface area (TPSA) is 123 Å². The Balaban J connectivity index is 1.29. The number of methoxy groups -OCH3 is 1. The highest BCUT2D eigenvalue weighted by Crippen LogP contribution is 2.48. The number of benzene rings is 5. The molecule has 1 fully saturated rings. The van der Waals surface area contributed by atoms with Crippen molar-refractivity contribution < 1.29 is 19.0 Å². The van der Waals surface area contributed by atoms with Crippen LogP contribution in [0.1, 0.15) is 52.7 Å². The average molecular weight is 662 g/mol. The van der Waals surface area contributed by atoms with Gasteiger partial charge in [0, 0.05) is 30.9 Å². The van der Waals surface area contributed by atoms with Crippen LogP contribution in [0.5, 0.6) is 5.75 Å². The number of rotatable bonds is 12. The van der Waals surface area contributed by atoms with E-state index in [9.17, 15) is 24.6 Å². The molecule has 1 heterocycles. The van der Waals surface area contributed by atoms with Crippen LogP contribution in [0.3, 0.4) is 0 Å². The highest BCUT2D eigenvalue weighted by Gasteiger charge is 2.37. The van der Waals surface area contributed by atoms with Crippen LogP contribution in [0.15, 0.2) is 109 Å². The molecule has 49 heavy (non-hydrogen) atoms. The Morgan fingerprint density at radius 3 is 1.63 bits per heavy atom. The second-order valence-electron chi connectivity index (χ2n) is 12.1. The van der Waals surface area contributed by atoms with Gasteiger partial charge in [0.25, 0.3) is 11.4 Å². The van der Waals surface area contributed by atoms with Crippen molar-refractivity contribution in [3.05, 3.63) is 163 Å². The van der Waals surface area contributed by atoms with Gasteiger partial charge < -0.3 is 20.3 Å². The lowest BCUT2D eigenvalue weighted by molar-refractivity contribution is -0.384. The van der Waals surface area contributed by atoms with Crippen molar-refractivity contribution in [3.63, 3.8) is 0 Å². The summed E-state index contributed by atoms with van der Waals surface area (Å²) >= 11 is 0. The summed E-state index contributed by atoms with van der Waals surface area (Å²) in [6.45, 7) is 2.81. The number of anilines is 3. The summed E-state index contributed by atoms with van der Waals surface area (Å²) in [4.78, 5) is 25.8. The Kier molecular flexibility index (Phi) is 9.70. The third-order valence-corrected chi connectivity index (χ3v) is 8.96. The second kappa shape index (κ2) is 14.4. The molecular formula is C38H36FN5O5. The molecule has 1 aliphatic rings. The summed E-state index contributed by atoms with van der Waals surface area (Å²) in [6.07, 6.45) is 1.25. The second-order valence-corrected chi connectivity index (χ2v) is 12.1. The summed E-state index contributed by atoms with van der Waals surface area (Å²) in [5.74, 6) is 0.332. The minimum absolute atomic E-state index is 0.0463. The maximum atomic E-state index is 14.0. The van der Waals surface area contributed by atoms with Crippen molar-refractivity contribution in [1.29, 1.82) is 0 Å². The van der Waals surface area contributed by atoms with E-state index in [4.69, 9.17) is 4.74 Å². The molecule has 0 aliphatic carbocycles. The number of hydrogen-bond donors (Lipinski definition) is 2. The van der Waals surface area contributed by atoms with E-state index in [-0.39, 0.29) is 23.5 Å². The van der Waals surface area contributed by atoms with E-state index in [1.807, 2.05) is 67.6 Å². The summed E-state index contributed by atoms with van der Waals surface area (Å²) < 4.78 is 19.3. The minimum Gasteiger partial charge on any atom is -0.497 e. The SMILES string of the molecule is COc1ccc(CNc2ccc(C3CCC(c4ccc(NCc5ccc(C)cc5)c([N+](=O)[O-])c4)N3c3ccc(F)cc3)cc2[N+](=O)[O-])cc1. The smallest absolute Gasteiger partial charge is 0.292 e. The van der Waals surface area contributed by atoms with Crippen molar-refractivity contribution in [3.8, 4) is 5.75 Å². The molecule has 1 aliphatic heterocycles. The predicted octanol–water partition coefficient (Wildman–Crippen LogP) is 9.27. The Hall–Kier alpha value is -5.97. The van der Waals surface area contributed by atoms with Crippen LogP contribution in [-0.2, 0) is 13.1 Å². The van der Waals surface area contributed by atoms with Gasteiger partial charge in [-0.2, -0.15) is 0 Å². The van der Waals surface area contributed by atoms with Crippen molar-refractivity contribution in [2.45, 2.75) is 44.9 Å². The summed E-state index contributed by atoms with van der Waals surface area (Å²) in [6, 6.07) is 31.3. The molecule has 10 nitrogen and oxygen atoms in total. The van der Waals surface area contributed by atoms with Crippen molar-refractivity contribution >= 4 is 28.4 Å². The lowest BCUT2D eigenvalue weighted by Gasteiger charge is -2.33. The molecule has 5 aromatic rings. The number of nitrogens with zero attached hydrogens (tertiary/aromatic N) is 3. The number of nitrogens with one attached hydrogen (secondary N) is 2. The Morgan fingerprint density at radius 2 is 1.18 bits per heavy atom. The molecule has 0 bridgehead atoms. The van der Waals surface area contributed by atoms with Crippen molar-refractivity contribution in [2.24, 2.45) is 0 Å². The molecule has 2 unspecified atom stereocenters. The van der Waals surface area contributed by atoms with Crippen LogP contribution in [0, 0.1) is 33.0 Å². The molecular weight excluding hydrogens is 625 g/mol. The van der Waals surface area contributed by atoms with E-state index in [0.717, 1.165) is 33.6 Å². The van der Waals surface area contributed by atoms with Gasteiger partial charge in [0.15, 0.2) is 0 Å². The maximum absolute atomic E-state index is 14.0. The first-order valence-electron chi connectivity index (χ1n) is 16.0. The van der Waals surface area contributed by atoms with Crippen molar-refractivity contribution in [1.82, 2.24) is 0 Å². The standard InChI is InChI=1S/C38H36FN5O5/c1-25-3-5-26(6-4-25)23-40-33-17-9-28(21-37(33)43(45)46)35-19-20-36(42(35)31-13-11-30(39)12-14-31)29-10-18-34(38(22-29)44(47)48)41-24-27-7-15-32(49-2)16-8-27/h3-18,21-22,35-36,40-41H,19-20,23-24H2,1-2H3. The number of halogens is 1. The van der Waals surface area contributed by atoms with E-state index in [0.29, 0.717) is 43.0 Å². The first-order valence-corrected chi connectivity index (χ1v) is 16.0. The van der Waals surface area contributed by atoms with Gasteiger partial charge in [-0.3, -0.25) is 20.2 Å². The predicted molar refractivity (Wildman–Crippen MR) is 189 cm³/mol. The number of ether oxygens (including phenoxy) is 1. The number of aryl methyl sites for hydroxylation is 1. The van der Waals surface area contributed by atoms with Crippen molar-refractivity contribution in [2.75, 3.05) is 22.6 Å². The zero-order valence-electron chi connectivity index (χ0n) is 27.1. The fourth-order valence-electron chi connectivity index (χ4n) is 6.40. The number of hydrogen-bond acceptors (Lipinski definition) is 8. The van der Waals surface area contributed by atoms with Gasteiger partial charge in [-0.25, -0.2) is 4.39 Å². The summed E-state index contributed by atoms with van der Waals surface area (Å²) in [5.41, 5.74) is 5.91. The van der Waals surface area contributed by atoms with Crippen LogP contribution in [0.4, 0.5) is 32.8 Å². The molecule has 11 heteroatoms. The zero-order valence-corrected chi connectivity index (χ0v) is 27.1. The van der Waals surface area contributed by atoms with E-state index in [1.165, 1.54) is 12.1 Å². The van der Waals surface area contributed by atoms with Crippen LogP contribution in [-0.4, -0.2) is 17.0 Å². The average Bonchev–Trinajstić information content (AvgIpc) is 3.56. The molecule has 250 valence electrons. The monoisotopic (exact) mass is 661 g/mol. The van der Waals surface area contributed by atoms with Crippen LogP contribution in [0.2, 0.25) is 0 Å². The molecule has 2 atom stereocenters. The lowest BCUT2D eigenvalue weighted by Crippen LogP contribution is -2.26. The largest absolute Gasteiger partial charge is 0.497 e. The number of nitro benzene ring substituents is 2. The molecule has 0 radical (unpaired) electrons. The summed E-state index contributed by atoms with van der Waals surface area (Å²) in [7, 11) is 1.59. The number of nitro groups is 2. The molecule has 0 spiro atoms. The molecule has 1 saturated heterocycles.